The van der Waals surface area contributed by atoms with E-state index in [9.17, 15) is 0 Å². The van der Waals surface area contributed by atoms with Gasteiger partial charge in [0.25, 0.3) is 0 Å². The van der Waals surface area contributed by atoms with Gasteiger partial charge in [0.15, 0.2) is 5.96 Å². The zero-order valence-corrected chi connectivity index (χ0v) is 17.3. The monoisotopic (exact) mass is 367 g/mol. The maximum atomic E-state index is 5.98. The number of ether oxygens (including phenoxy) is 1. The highest BCUT2D eigenvalue weighted by Crippen LogP contribution is 2.20. The van der Waals surface area contributed by atoms with E-state index in [1.54, 1.807) is 0 Å². The second-order valence-corrected chi connectivity index (χ2v) is 7.68. The van der Waals surface area contributed by atoms with Crippen LogP contribution in [0.1, 0.15) is 52.4 Å². The van der Waals surface area contributed by atoms with E-state index in [-0.39, 0.29) is 0 Å². The molecule has 6 nitrogen and oxygen atoms in total. The zero-order valence-electron chi connectivity index (χ0n) is 17.3. The lowest BCUT2D eigenvalue weighted by atomic mass is 9.98. The Kier molecular flexibility index (Phi) is 10.3. The van der Waals surface area contributed by atoms with E-state index in [0.717, 1.165) is 32.1 Å². The molecular weight excluding hydrogens is 326 g/mol. The quantitative estimate of drug-likeness (QED) is 0.370. The van der Waals surface area contributed by atoms with Crippen LogP contribution in [-0.2, 0) is 4.74 Å². The molecule has 1 unspecified atom stereocenters. The van der Waals surface area contributed by atoms with Gasteiger partial charge >= 0.3 is 0 Å². The molecule has 2 aliphatic rings. The molecule has 6 heteroatoms. The van der Waals surface area contributed by atoms with Crippen molar-refractivity contribution in [2.45, 2.75) is 64.5 Å². The Hall–Kier alpha value is -0.850. The molecule has 1 heterocycles. The Balaban J connectivity index is 1.53. The fourth-order valence-electron chi connectivity index (χ4n) is 3.88. The molecule has 2 rings (SSSR count). The largest absolute Gasteiger partial charge is 0.378 e. The van der Waals surface area contributed by atoms with Gasteiger partial charge < -0.3 is 20.3 Å². The predicted octanol–water partition coefficient (Wildman–Crippen LogP) is 1.92. The third kappa shape index (κ3) is 7.80. The van der Waals surface area contributed by atoms with Crippen LogP contribution in [0.3, 0.4) is 0 Å². The Morgan fingerprint density at radius 3 is 2.50 bits per heavy atom. The van der Waals surface area contributed by atoms with Gasteiger partial charge in [-0.25, -0.2) is 0 Å². The SMILES string of the molecule is CCN1CCN(C(C)CNC(=NC)NCCCOC2CCCCC2)CC1. The summed E-state index contributed by atoms with van der Waals surface area (Å²) in [7, 11) is 1.85. The van der Waals surface area contributed by atoms with Crippen LogP contribution >= 0.6 is 0 Å². The molecule has 1 saturated carbocycles. The van der Waals surface area contributed by atoms with Crippen LogP contribution in [0.2, 0.25) is 0 Å². The molecule has 0 amide bonds. The highest BCUT2D eigenvalue weighted by atomic mass is 16.5. The van der Waals surface area contributed by atoms with Gasteiger partial charge in [-0.15, -0.1) is 0 Å². The fraction of sp³-hybridized carbons (Fsp3) is 0.950. The number of guanidine groups is 1. The molecule has 0 bridgehead atoms. The standard InChI is InChI=1S/C20H41N5O/c1-4-24-12-14-25(15-13-24)18(2)17-23-20(21-3)22-11-8-16-26-19-9-6-5-7-10-19/h18-19H,4-17H2,1-3H3,(H2,21,22,23). The minimum atomic E-state index is 0.509. The van der Waals surface area contributed by atoms with E-state index >= 15 is 0 Å². The first-order valence-electron chi connectivity index (χ1n) is 10.8. The van der Waals surface area contributed by atoms with Crippen molar-refractivity contribution < 1.29 is 4.74 Å². The fourth-order valence-corrected chi connectivity index (χ4v) is 3.88. The van der Waals surface area contributed by atoms with Gasteiger partial charge in [-0.2, -0.15) is 0 Å². The normalized spacial score (nSPS) is 22.3. The highest BCUT2D eigenvalue weighted by molar-refractivity contribution is 5.79. The van der Waals surface area contributed by atoms with Crippen molar-refractivity contribution in [2.75, 3.05) is 59.5 Å². The molecule has 0 spiro atoms. The molecule has 1 aliphatic heterocycles. The molecule has 1 atom stereocenters. The Morgan fingerprint density at radius 2 is 1.85 bits per heavy atom. The summed E-state index contributed by atoms with van der Waals surface area (Å²) in [6.45, 7) is 13.1. The van der Waals surface area contributed by atoms with Crippen molar-refractivity contribution in [1.29, 1.82) is 0 Å². The molecule has 26 heavy (non-hydrogen) atoms. The first-order valence-corrected chi connectivity index (χ1v) is 10.8. The highest BCUT2D eigenvalue weighted by Gasteiger charge is 2.20. The van der Waals surface area contributed by atoms with Crippen molar-refractivity contribution in [3.8, 4) is 0 Å². The summed E-state index contributed by atoms with van der Waals surface area (Å²) >= 11 is 0. The lowest BCUT2D eigenvalue weighted by Crippen LogP contribution is -2.53. The lowest BCUT2D eigenvalue weighted by molar-refractivity contribution is 0.0277. The average molecular weight is 368 g/mol. The summed E-state index contributed by atoms with van der Waals surface area (Å²) < 4.78 is 5.98. The third-order valence-corrected chi connectivity index (χ3v) is 5.79. The third-order valence-electron chi connectivity index (χ3n) is 5.79. The van der Waals surface area contributed by atoms with E-state index in [4.69, 9.17) is 4.74 Å². The van der Waals surface area contributed by atoms with Crippen LogP contribution in [0.5, 0.6) is 0 Å². The number of piperazine rings is 1. The van der Waals surface area contributed by atoms with Crippen molar-refractivity contribution >= 4 is 5.96 Å². The van der Waals surface area contributed by atoms with Crippen LogP contribution in [0.4, 0.5) is 0 Å². The molecule has 2 N–H and O–H groups in total. The summed E-state index contributed by atoms with van der Waals surface area (Å²) in [6.07, 6.45) is 8.11. The topological polar surface area (TPSA) is 52.1 Å². The first-order chi connectivity index (χ1) is 12.7. The predicted molar refractivity (Wildman–Crippen MR) is 110 cm³/mol. The van der Waals surface area contributed by atoms with Crippen molar-refractivity contribution in [3.63, 3.8) is 0 Å². The van der Waals surface area contributed by atoms with Gasteiger partial charge in [0.1, 0.15) is 0 Å². The van der Waals surface area contributed by atoms with Gasteiger partial charge in [-0.1, -0.05) is 26.2 Å². The molecular formula is C20H41N5O. The van der Waals surface area contributed by atoms with Gasteiger partial charge in [-0.05, 0) is 32.7 Å². The van der Waals surface area contributed by atoms with Crippen LogP contribution < -0.4 is 10.6 Å². The van der Waals surface area contributed by atoms with Crippen LogP contribution in [-0.4, -0.2) is 87.4 Å². The number of likely N-dealkylation sites (N-methyl/N-ethyl adjacent to an activating group) is 1. The van der Waals surface area contributed by atoms with Crippen molar-refractivity contribution in [1.82, 2.24) is 20.4 Å². The smallest absolute Gasteiger partial charge is 0.191 e. The second-order valence-electron chi connectivity index (χ2n) is 7.68. The minimum absolute atomic E-state index is 0.509. The maximum absolute atomic E-state index is 5.98. The average Bonchev–Trinajstić information content (AvgIpc) is 2.70. The lowest BCUT2D eigenvalue weighted by Gasteiger charge is -2.37. The van der Waals surface area contributed by atoms with Crippen molar-refractivity contribution in [3.05, 3.63) is 0 Å². The summed E-state index contributed by atoms with van der Waals surface area (Å²) in [5.41, 5.74) is 0. The summed E-state index contributed by atoms with van der Waals surface area (Å²) in [4.78, 5) is 9.44. The maximum Gasteiger partial charge on any atom is 0.191 e. The van der Waals surface area contributed by atoms with E-state index in [0.29, 0.717) is 12.1 Å². The van der Waals surface area contributed by atoms with E-state index in [2.05, 4.69) is 39.3 Å². The zero-order chi connectivity index (χ0) is 18.6. The van der Waals surface area contributed by atoms with Crippen LogP contribution in [0, 0.1) is 0 Å². The molecule has 152 valence electrons. The van der Waals surface area contributed by atoms with E-state index in [1.165, 1.54) is 64.8 Å². The number of rotatable bonds is 9. The van der Waals surface area contributed by atoms with Gasteiger partial charge in [0, 0.05) is 59.0 Å². The Labute approximate surface area is 160 Å². The number of nitrogens with zero attached hydrogens (tertiary/aromatic N) is 3. The minimum Gasteiger partial charge on any atom is -0.378 e. The van der Waals surface area contributed by atoms with Gasteiger partial charge in [-0.3, -0.25) is 9.89 Å². The molecule has 0 aromatic heterocycles. The van der Waals surface area contributed by atoms with Crippen molar-refractivity contribution in [2.24, 2.45) is 4.99 Å². The summed E-state index contributed by atoms with van der Waals surface area (Å²) in [6, 6.07) is 0.530. The number of nitrogens with one attached hydrogen (secondary N) is 2. The second kappa shape index (κ2) is 12.5. The summed E-state index contributed by atoms with van der Waals surface area (Å²) in [5.74, 6) is 0.904. The number of aliphatic imine (C=N–C) groups is 1. The van der Waals surface area contributed by atoms with Gasteiger partial charge in [0.2, 0.25) is 0 Å². The summed E-state index contributed by atoms with van der Waals surface area (Å²) in [5, 5.41) is 6.89. The van der Waals surface area contributed by atoms with Crippen LogP contribution in [0.25, 0.3) is 0 Å². The van der Waals surface area contributed by atoms with E-state index in [1.807, 2.05) is 7.05 Å². The number of hydrogen-bond donors (Lipinski definition) is 2. The molecule has 0 aromatic carbocycles. The van der Waals surface area contributed by atoms with E-state index < -0.39 is 0 Å². The molecule has 1 aliphatic carbocycles. The molecule has 0 radical (unpaired) electrons. The molecule has 1 saturated heterocycles. The Morgan fingerprint density at radius 1 is 1.12 bits per heavy atom. The molecule has 2 fully saturated rings. The number of hydrogen-bond acceptors (Lipinski definition) is 4. The van der Waals surface area contributed by atoms with Crippen LogP contribution in [0.15, 0.2) is 4.99 Å². The first kappa shape index (κ1) is 21.5. The van der Waals surface area contributed by atoms with Gasteiger partial charge in [0.05, 0.1) is 6.10 Å². The Bertz CT molecular complexity index is 390. The molecule has 0 aromatic rings.